The van der Waals surface area contributed by atoms with Gasteiger partial charge in [0.2, 0.25) is 5.91 Å². The van der Waals surface area contributed by atoms with Crippen LogP contribution < -0.4 is 10.2 Å². The molecule has 2 fully saturated rings. The maximum Gasteiger partial charge on any atom is 0.409 e. The molecule has 1 atom stereocenters. The van der Waals surface area contributed by atoms with Gasteiger partial charge in [0.1, 0.15) is 5.82 Å². The van der Waals surface area contributed by atoms with E-state index in [1.807, 2.05) is 18.3 Å². The van der Waals surface area contributed by atoms with Crippen LogP contribution in [0.25, 0.3) is 0 Å². The molecule has 7 heteroatoms. The number of rotatable bonds is 3. The SMILES string of the molecule is COC(=O)N1CCC[C@@H](C(=O)Nc2ccc(N3CCCC3)cn2)C1. The Morgan fingerprint density at radius 3 is 2.67 bits per heavy atom. The molecule has 24 heavy (non-hydrogen) atoms. The average Bonchev–Trinajstić information content (AvgIpc) is 3.16. The van der Waals surface area contributed by atoms with Crippen molar-refractivity contribution in [2.75, 3.05) is 43.5 Å². The van der Waals surface area contributed by atoms with Gasteiger partial charge in [0.25, 0.3) is 0 Å². The number of methoxy groups -OCH3 is 1. The Kier molecular flexibility index (Phi) is 5.17. The van der Waals surface area contributed by atoms with Gasteiger partial charge in [-0.2, -0.15) is 0 Å². The van der Waals surface area contributed by atoms with Gasteiger partial charge in [0.15, 0.2) is 0 Å². The van der Waals surface area contributed by atoms with Crippen LogP contribution in [0.2, 0.25) is 0 Å². The van der Waals surface area contributed by atoms with Crippen molar-refractivity contribution in [2.45, 2.75) is 25.7 Å². The molecule has 1 aromatic rings. The second-order valence-corrected chi connectivity index (χ2v) is 6.34. The molecule has 2 aliphatic rings. The molecule has 0 spiro atoms. The van der Waals surface area contributed by atoms with Gasteiger partial charge in [-0.05, 0) is 37.8 Å². The van der Waals surface area contributed by atoms with E-state index in [-0.39, 0.29) is 17.9 Å². The number of pyridine rings is 1. The average molecular weight is 332 g/mol. The first-order chi connectivity index (χ1) is 11.7. The summed E-state index contributed by atoms with van der Waals surface area (Å²) in [5.41, 5.74) is 1.10. The smallest absolute Gasteiger partial charge is 0.409 e. The minimum absolute atomic E-state index is 0.0926. The number of hydrogen-bond acceptors (Lipinski definition) is 5. The molecule has 3 rings (SSSR count). The van der Waals surface area contributed by atoms with Crippen molar-refractivity contribution in [2.24, 2.45) is 5.92 Å². The molecule has 1 aromatic heterocycles. The van der Waals surface area contributed by atoms with Crippen molar-refractivity contribution >= 4 is 23.5 Å². The molecule has 0 saturated carbocycles. The number of piperidine rings is 1. The summed E-state index contributed by atoms with van der Waals surface area (Å²) in [6, 6.07) is 3.84. The van der Waals surface area contributed by atoms with Crippen LogP contribution in [0.4, 0.5) is 16.3 Å². The number of likely N-dealkylation sites (tertiary alicyclic amines) is 1. The third kappa shape index (κ3) is 3.77. The summed E-state index contributed by atoms with van der Waals surface area (Å²) in [6.45, 7) is 3.17. The zero-order chi connectivity index (χ0) is 16.9. The van der Waals surface area contributed by atoms with E-state index in [4.69, 9.17) is 4.74 Å². The predicted octanol–water partition coefficient (Wildman–Crippen LogP) is 2.10. The Balaban J connectivity index is 1.56. The van der Waals surface area contributed by atoms with E-state index in [0.29, 0.717) is 18.9 Å². The van der Waals surface area contributed by atoms with Crippen molar-refractivity contribution < 1.29 is 14.3 Å². The molecule has 7 nitrogen and oxygen atoms in total. The molecule has 2 aliphatic heterocycles. The maximum atomic E-state index is 12.4. The summed E-state index contributed by atoms with van der Waals surface area (Å²) in [4.78, 5) is 32.3. The normalized spacial score (nSPS) is 20.8. The Labute approximate surface area is 142 Å². The highest BCUT2D eigenvalue weighted by Gasteiger charge is 2.29. The van der Waals surface area contributed by atoms with Crippen LogP contribution in [-0.2, 0) is 9.53 Å². The number of nitrogens with one attached hydrogen (secondary N) is 1. The van der Waals surface area contributed by atoms with Crippen LogP contribution in [0.3, 0.4) is 0 Å². The van der Waals surface area contributed by atoms with Crippen LogP contribution >= 0.6 is 0 Å². The lowest BCUT2D eigenvalue weighted by molar-refractivity contribution is -0.121. The molecule has 130 valence electrons. The highest BCUT2D eigenvalue weighted by molar-refractivity contribution is 5.92. The first-order valence-electron chi connectivity index (χ1n) is 8.52. The number of carbonyl (C=O) groups excluding carboxylic acids is 2. The molecule has 0 aliphatic carbocycles. The number of hydrogen-bond donors (Lipinski definition) is 1. The molecule has 1 N–H and O–H groups in total. The van der Waals surface area contributed by atoms with Crippen LogP contribution in [0.15, 0.2) is 18.3 Å². The summed E-state index contributed by atoms with van der Waals surface area (Å²) in [7, 11) is 1.36. The molecular formula is C17H24N4O3. The van der Waals surface area contributed by atoms with Gasteiger partial charge in [-0.3, -0.25) is 4.79 Å². The molecule has 2 saturated heterocycles. The lowest BCUT2D eigenvalue weighted by Gasteiger charge is -2.30. The molecule has 0 aromatic carbocycles. The van der Waals surface area contributed by atoms with Crippen molar-refractivity contribution in [3.8, 4) is 0 Å². The van der Waals surface area contributed by atoms with Crippen LogP contribution in [0.5, 0.6) is 0 Å². The van der Waals surface area contributed by atoms with Gasteiger partial charge in [-0.15, -0.1) is 0 Å². The lowest BCUT2D eigenvalue weighted by atomic mass is 9.97. The van der Waals surface area contributed by atoms with Gasteiger partial charge < -0.3 is 19.9 Å². The van der Waals surface area contributed by atoms with Gasteiger partial charge in [0, 0.05) is 26.2 Å². The van der Waals surface area contributed by atoms with Gasteiger partial charge in [-0.25, -0.2) is 9.78 Å². The highest BCUT2D eigenvalue weighted by atomic mass is 16.5. The fraction of sp³-hybridized carbons (Fsp3) is 0.588. The number of nitrogens with zero attached hydrogens (tertiary/aromatic N) is 3. The third-order valence-corrected chi connectivity index (χ3v) is 4.70. The number of anilines is 2. The number of amides is 2. The molecule has 0 radical (unpaired) electrons. The topological polar surface area (TPSA) is 74.8 Å². The van der Waals surface area contributed by atoms with Gasteiger partial charge in [-0.1, -0.05) is 0 Å². The Morgan fingerprint density at radius 2 is 2.00 bits per heavy atom. The zero-order valence-corrected chi connectivity index (χ0v) is 14.0. The summed E-state index contributed by atoms with van der Waals surface area (Å²) in [5, 5.41) is 2.86. The van der Waals surface area contributed by atoms with Crippen LogP contribution in [0, 0.1) is 5.92 Å². The number of carbonyl (C=O) groups is 2. The van der Waals surface area contributed by atoms with Gasteiger partial charge >= 0.3 is 6.09 Å². The minimum atomic E-state index is -0.374. The highest BCUT2D eigenvalue weighted by Crippen LogP contribution is 2.22. The molecule has 0 bridgehead atoms. The first kappa shape index (κ1) is 16.5. The largest absolute Gasteiger partial charge is 0.453 e. The van der Waals surface area contributed by atoms with Gasteiger partial charge in [0.05, 0.1) is 24.9 Å². The summed E-state index contributed by atoms with van der Waals surface area (Å²) in [6.07, 6.45) is 5.44. The van der Waals surface area contributed by atoms with Crippen molar-refractivity contribution in [1.82, 2.24) is 9.88 Å². The van der Waals surface area contributed by atoms with Crippen molar-refractivity contribution in [3.05, 3.63) is 18.3 Å². The number of aromatic nitrogens is 1. The van der Waals surface area contributed by atoms with E-state index < -0.39 is 0 Å². The Morgan fingerprint density at radius 1 is 1.21 bits per heavy atom. The van der Waals surface area contributed by atoms with Crippen molar-refractivity contribution in [3.63, 3.8) is 0 Å². The maximum absolute atomic E-state index is 12.4. The predicted molar refractivity (Wildman–Crippen MR) is 91.0 cm³/mol. The summed E-state index contributed by atoms with van der Waals surface area (Å²) in [5.74, 6) is 0.237. The van der Waals surface area contributed by atoms with Crippen LogP contribution in [0.1, 0.15) is 25.7 Å². The fourth-order valence-corrected chi connectivity index (χ4v) is 3.34. The quantitative estimate of drug-likeness (QED) is 0.917. The van der Waals surface area contributed by atoms with Crippen LogP contribution in [-0.4, -0.2) is 55.2 Å². The second-order valence-electron chi connectivity index (χ2n) is 6.34. The summed E-state index contributed by atoms with van der Waals surface area (Å²) < 4.78 is 4.74. The Hall–Kier alpha value is -2.31. The molecule has 2 amide bonds. The van der Waals surface area contributed by atoms with E-state index in [9.17, 15) is 9.59 Å². The first-order valence-corrected chi connectivity index (χ1v) is 8.52. The molecule has 0 unspecified atom stereocenters. The lowest BCUT2D eigenvalue weighted by Crippen LogP contribution is -2.43. The fourth-order valence-electron chi connectivity index (χ4n) is 3.34. The van der Waals surface area contributed by atoms with Crippen molar-refractivity contribution in [1.29, 1.82) is 0 Å². The second kappa shape index (κ2) is 7.51. The summed E-state index contributed by atoms with van der Waals surface area (Å²) >= 11 is 0. The van der Waals surface area contributed by atoms with E-state index in [1.165, 1.54) is 20.0 Å². The number of ether oxygens (including phenoxy) is 1. The van der Waals surface area contributed by atoms with E-state index in [0.717, 1.165) is 31.6 Å². The minimum Gasteiger partial charge on any atom is -0.453 e. The molecule has 3 heterocycles. The van der Waals surface area contributed by atoms with E-state index >= 15 is 0 Å². The van der Waals surface area contributed by atoms with E-state index in [2.05, 4.69) is 15.2 Å². The Bertz CT molecular complexity index is 584. The zero-order valence-electron chi connectivity index (χ0n) is 14.0. The monoisotopic (exact) mass is 332 g/mol. The molecular weight excluding hydrogens is 308 g/mol. The standard InChI is InChI=1S/C17H24N4O3/c1-24-17(23)21-10-4-5-13(12-21)16(22)19-15-7-6-14(11-18-15)20-8-2-3-9-20/h6-7,11,13H,2-5,8-10,12H2,1H3,(H,18,19,22)/t13-/m1/s1. The van der Waals surface area contributed by atoms with E-state index in [1.54, 1.807) is 4.90 Å². The third-order valence-electron chi connectivity index (χ3n) is 4.70.